The zero-order valence-corrected chi connectivity index (χ0v) is 13.1. The van der Waals surface area contributed by atoms with E-state index in [2.05, 4.69) is 38.6 Å². The van der Waals surface area contributed by atoms with Gasteiger partial charge < -0.3 is 0 Å². The van der Waals surface area contributed by atoms with Gasteiger partial charge in [0.25, 0.3) is 0 Å². The van der Waals surface area contributed by atoms with Crippen LogP contribution in [-0.2, 0) is 11.0 Å². The van der Waals surface area contributed by atoms with Crippen LogP contribution in [0.4, 0.5) is 0 Å². The summed E-state index contributed by atoms with van der Waals surface area (Å²) in [5.74, 6) is 0. The van der Waals surface area contributed by atoms with Crippen molar-refractivity contribution in [3.05, 3.63) is 12.7 Å². The molecule has 2 fully saturated rings. The molecule has 1 saturated carbocycles. The van der Waals surface area contributed by atoms with Crippen molar-refractivity contribution in [2.24, 2.45) is 0 Å². The minimum absolute atomic E-state index is 0.0767. The van der Waals surface area contributed by atoms with E-state index in [-0.39, 0.29) is 15.8 Å². The fourth-order valence-electron chi connectivity index (χ4n) is 3.66. The third kappa shape index (κ3) is 1.90. The molecule has 1 saturated heterocycles. The molecule has 2 unspecified atom stereocenters. The Bertz CT molecular complexity index is 365. The third-order valence-electron chi connectivity index (χ3n) is 4.70. The smallest absolute Gasteiger partial charge is 0.101 e. The van der Waals surface area contributed by atoms with Crippen molar-refractivity contribution in [3.8, 4) is 0 Å². The van der Waals surface area contributed by atoms with Crippen LogP contribution in [0.5, 0.6) is 0 Å². The average Bonchev–Trinajstić information content (AvgIpc) is 2.76. The quantitative estimate of drug-likeness (QED) is 0.563. The standard InChI is InChI=1S/C15H27NOS/c1-6-10-14(5)15(11-8-7-9-12-15)16(14)18(17)13(2,3)4/h6H,1,7-12H2,2-5H3/t14-,16?,18?/m1/s1. The third-order valence-corrected chi connectivity index (χ3v) is 6.83. The van der Waals surface area contributed by atoms with Gasteiger partial charge in [-0.15, -0.1) is 6.58 Å². The maximum Gasteiger partial charge on any atom is 0.101 e. The molecule has 1 spiro atoms. The van der Waals surface area contributed by atoms with Crippen molar-refractivity contribution < 1.29 is 4.21 Å². The first-order chi connectivity index (χ1) is 8.29. The summed E-state index contributed by atoms with van der Waals surface area (Å²) in [5, 5.41) is 0. The van der Waals surface area contributed by atoms with Crippen molar-refractivity contribution in [1.82, 2.24) is 4.31 Å². The van der Waals surface area contributed by atoms with E-state index < -0.39 is 11.0 Å². The van der Waals surface area contributed by atoms with Crippen molar-refractivity contribution >= 4 is 11.0 Å². The van der Waals surface area contributed by atoms with E-state index in [1.54, 1.807) is 0 Å². The van der Waals surface area contributed by atoms with E-state index in [0.29, 0.717) is 0 Å². The van der Waals surface area contributed by atoms with Crippen molar-refractivity contribution in [3.63, 3.8) is 0 Å². The molecule has 0 aromatic carbocycles. The largest absolute Gasteiger partial charge is 0.242 e. The SMILES string of the molecule is C=CC[C@@]1(C)N(S(=O)C(C)(C)C)C12CCCCC2. The fourth-order valence-corrected chi connectivity index (χ4v) is 5.47. The van der Waals surface area contributed by atoms with Gasteiger partial charge in [0.1, 0.15) is 11.0 Å². The van der Waals surface area contributed by atoms with Gasteiger partial charge in [0, 0.05) is 0 Å². The highest BCUT2D eigenvalue weighted by Crippen LogP contribution is 2.63. The maximum atomic E-state index is 12.8. The molecule has 104 valence electrons. The van der Waals surface area contributed by atoms with Crippen LogP contribution in [0, 0.1) is 0 Å². The van der Waals surface area contributed by atoms with Crippen molar-refractivity contribution in [1.29, 1.82) is 0 Å². The lowest BCUT2D eigenvalue weighted by atomic mass is 9.79. The zero-order valence-electron chi connectivity index (χ0n) is 12.3. The molecule has 0 amide bonds. The Balaban J connectivity index is 2.28. The fraction of sp³-hybridized carbons (Fsp3) is 0.867. The molecule has 2 nitrogen and oxygen atoms in total. The topological polar surface area (TPSA) is 20.1 Å². The molecule has 3 atom stereocenters. The van der Waals surface area contributed by atoms with Crippen LogP contribution in [0.2, 0.25) is 0 Å². The van der Waals surface area contributed by atoms with Crippen LogP contribution >= 0.6 is 0 Å². The van der Waals surface area contributed by atoms with Gasteiger partial charge in [0.05, 0.1) is 15.8 Å². The monoisotopic (exact) mass is 269 g/mol. The van der Waals surface area contributed by atoms with Crippen LogP contribution in [0.15, 0.2) is 12.7 Å². The highest BCUT2D eigenvalue weighted by molar-refractivity contribution is 7.84. The molecule has 18 heavy (non-hydrogen) atoms. The summed E-state index contributed by atoms with van der Waals surface area (Å²) in [6, 6.07) is 0. The van der Waals surface area contributed by atoms with Gasteiger partial charge in [-0.25, -0.2) is 8.51 Å². The van der Waals surface area contributed by atoms with E-state index in [0.717, 1.165) is 6.42 Å². The van der Waals surface area contributed by atoms with E-state index >= 15 is 0 Å². The maximum absolute atomic E-state index is 12.8. The first-order valence-corrected chi connectivity index (χ1v) is 8.23. The lowest BCUT2D eigenvalue weighted by molar-refractivity contribution is 0.357. The van der Waals surface area contributed by atoms with Gasteiger partial charge in [0.2, 0.25) is 0 Å². The highest BCUT2D eigenvalue weighted by Gasteiger charge is 2.73. The molecule has 1 heterocycles. The molecule has 0 radical (unpaired) electrons. The summed E-state index contributed by atoms with van der Waals surface area (Å²) in [6.07, 6.45) is 9.26. The second-order valence-corrected chi connectivity index (χ2v) is 9.10. The van der Waals surface area contributed by atoms with Gasteiger partial charge >= 0.3 is 0 Å². The molecular formula is C15H27NOS. The molecule has 0 aromatic heterocycles. The summed E-state index contributed by atoms with van der Waals surface area (Å²) >= 11 is 0. The predicted octanol–water partition coefficient (Wildman–Crippen LogP) is 3.80. The Morgan fingerprint density at radius 3 is 2.28 bits per heavy atom. The van der Waals surface area contributed by atoms with Crippen LogP contribution in [0.3, 0.4) is 0 Å². The van der Waals surface area contributed by atoms with Crippen LogP contribution in [-0.4, -0.2) is 24.3 Å². The Hall–Kier alpha value is -0.150. The van der Waals surface area contributed by atoms with E-state index in [4.69, 9.17) is 0 Å². The molecule has 2 aliphatic rings. The molecule has 1 aliphatic carbocycles. The van der Waals surface area contributed by atoms with Crippen LogP contribution < -0.4 is 0 Å². The van der Waals surface area contributed by atoms with Gasteiger partial charge in [-0.1, -0.05) is 25.3 Å². The molecule has 1 aliphatic heterocycles. The van der Waals surface area contributed by atoms with Crippen molar-refractivity contribution in [2.75, 3.05) is 0 Å². The molecule has 0 N–H and O–H groups in total. The summed E-state index contributed by atoms with van der Waals surface area (Å²) in [4.78, 5) is 0. The van der Waals surface area contributed by atoms with E-state index in [1.807, 2.05) is 6.08 Å². The molecule has 2 rings (SSSR count). The van der Waals surface area contributed by atoms with Gasteiger partial charge in [-0.2, -0.15) is 0 Å². The first-order valence-electron chi connectivity index (χ1n) is 7.13. The minimum atomic E-state index is -0.900. The first kappa shape index (κ1) is 14.3. The second kappa shape index (κ2) is 4.45. The summed E-state index contributed by atoms with van der Waals surface area (Å²) in [6.45, 7) is 12.4. The summed E-state index contributed by atoms with van der Waals surface area (Å²) in [5.41, 5.74) is 0.269. The average molecular weight is 269 g/mol. The normalized spacial score (nSPS) is 36.3. The number of hydrogen-bond donors (Lipinski definition) is 0. The Morgan fingerprint density at radius 1 is 1.28 bits per heavy atom. The molecule has 0 bridgehead atoms. The predicted molar refractivity (Wildman–Crippen MR) is 78.8 cm³/mol. The Kier molecular flexibility index (Phi) is 3.52. The number of rotatable bonds is 3. The van der Waals surface area contributed by atoms with Crippen LogP contribution in [0.25, 0.3) is 0 Å². The minimum Gasteiger partial charge on any atom is -0.242 e. The van der Waals surface area contributed by atoms with Gasteiger partial charge in [-0.05, 0) is 47.0 Å². The Labute approximate surface area is 114 Å². The zero-order chi connectivity index (χ0) is 13.6. The summed E-state index contributed by atoms with van der Waals surface area (Å²) in [7, 11) is -0.900. The van der Waals surface area contributed by atoms with Crippen molar-refractivity contribution in [2.45, 2.75) is 82.0 Å². The molecule has 3 heteroatoms. The van der Waals surface area contributed by atoms with E-state index in [1.165, 1.54) is 32.1 Å². The second-order valence-electron chi connectivity index (χ2n) is 7.01. The lowest BCUT2D eigenvalue weighted by Crippen LogP contribution is -2.32. The molecular weight excluding hydrogens is 242 g/mol. The number of nitrogens with zero attached hydrogens (tertiary/aromatic N) is 1. The number of hydrogen-bond acceptors (Lipinski definition) is 1. The highest BCUT2D eigenvalue weighted by atomic mass is 32.2. The van der Waals surface area contributed by atoms with E-state index in [9.17, 15) is 4.21 Å². The van der Waals surface area contributed by atoms with Gasteiger partial charge in [0.15, 0.2) is 0 Å². The lowest BCUT2D eigenvalue weighted by Gasteiger charge is -2.25. The molecule has 0 aromatic rings. The Morgan fingerprint density at radius 2 is 1.83 bits per heavy atom. The van der Waals surface area contributed by atoms with Gasteiger partial charge in [-0.3, -0.25) is 0 Å². The summed E-state index contributed by atoms with van der Waals surface area (Å²) < 4.78 is 14.9. The van der Waals surface area contributed by atoms with Crippen LogP contribution in [0.1, 0.15) is 66.2 Å².